The van der Waals surface area contributed by atoms with Crippen molar-refractivity contribution in [1.29, 1.82) is 0 Å². The van der Waals surface area contributed by atoms with Gasteiger partial charge < -0.3 is 14.4 Å². The van der Waals surface area contributed by atoms with Crippen molar-refractivity contribution in [3.8, 4) is 0 Å². The van der Waals surface area contributed by atoms with Gasteiger partial charge in [-0.15, -0.1) is 0 Å². The lowest BCUT2D eigenvalue weighted by molar-refractivity contribution is -0.140. The average Bonchev–Trinajstić information content (AvgIpc) is 2.86. The minimum atomic E-state index is -0.381. The maximum absolute atomic E-state index is 12.8. The molecule has 1 aliphatic rings. The van der Waals surface area contributed by atoms with Crippen molar-refractivity contribution in [1.82, 2.24) is 19.4 Å². The molecule has 1 aliphatic heterocycles. The fourth-order valence-electron chi connectivity index (χ4n) is 3.22. The number of aryl methyl sites for hydroxylation is 2. The fourth-order valence-corrected chi connectivity index (χ4v) is 3.22. The van der Waals surface area contributed by atoms with Gasteiger partial charge in [-0.2, -0.15) is 0 Å². The third kappa shape index (κ3) is 3.25. The van der Waals surface area contributed by atoms with Crippen LogP contribution in [0.5, 0.6) is 0 Å². The van der Waals surface area contributed by atoms with Crippen LogP contribution < -0.4 is 0 Å². The molecule has 1 aromatic heterocycles. The summed E-state index contributed by atoms with van der Waals surface area (Å²) < 4.78 is 2.01. The standard InChI is InChI=1S/C19H26N4O2/c1-13-20-15-12-14(6-7-16(15)21(13)5)17(24)22-8-10-23(11-9-22)18(25)19(2,3)4/h6-7,12H,8-11H2,1-5H3. The molecule has 0 spiro atoms. The molecule has 6 nitrogen and oxygen atoms in total. The Balaban J connectivity index is 1.72. The van der Waals surface area contributed by atoms with Crippen LogP contribution in [0.1, 0.15) is 37.0 Å². The molecule has 6 heteroatoms. The maximum Gasteiger partial charge on any atom is 0.254 e. The van der Waals surface area contributed by atoms with Crippen LogP contribution in [0, 0.1) is 12.3 Å². The molecule has 0 saturated carbocycles. The zero-order valence-electron chi connectivity index (χ0n) is 15.7. The summed E-state index contributed by atoms with van der Waals surface area (Å²) in [7, 11) is 1.97. The Hall–Kier alpha value is -2.37. The summed E-state index contributed by atoms with van der Waals surface area (Å²) in [5, 5.41) is 0. The second-order valence-corrected chi connectivity index (χ2v) is 7.76. The lowest BCUT2D eigenvalue weighted by atomic mass is 9.94. The van der Waals surface area contributed by atoms with Gasteiger partial charge in [-0.25, -0.2) is 4.98 Å². The molecular formula is C19H26N4O2. The lowest BCUT2D eigenvalue weighted by Gasteiger charge is -2.37. The number of rotatable bonds is 1. The smallest absolute Gasteiger partial charge is 0.254 e. The first kappa shape index (κ1) is 17.5. The number of benzene rings is 1. The van der Waals surface area contributed by atoms with Crippen LogP contribution in [-0.4, -0.2) is 57.3 Å². The molecule has 0 radical (unpaired) electrons. The van der Waals surface area contributed by atoms with Gasteiger partial charge in [0.1, 0.15) is 5.82 Å². The minimum Gasteiger partial charge on any atom is -0.339 e. The number of imidazole rings is 1. The number of piperazine rings is 1. The number of hydrogen-bond donors (Lipinski definition) is 0. The van der Waals surface area contributed by atoms with Crippen molar-refractivity contribution in [2.45, 2.75) is 27.7 Å². The van der Waals surface area contributed by atoms with Crippen molar-refractivity contribution in [3.63, 3.8) is 0 Å². The van der Waals surface area contributed by atoms with E-state index in [-0.39, 0.29) is 17.2 Å². The second kappa shape index (κ2) is 6.17. The van der Waals surface area contributed by atoms with Crippen LogP contribution in [0.15, 0.2) is 18.2 Å². The van der Waals surface area contributed by atoms with Crippen molar-refractivity contribution >= 4 is 22.8 Å². The number of nitrogens with zero attached hydrogens (tertiary/aromatic N) is 4. The number of hydrogen-bond acceptors (Lipinski definition) is 3. The van der Waals surface area contributed by atoms with Gasteiger partial charge in [0, 0.05) is 44.2 Å². The van der Waals surface area contributed by atoms with Crippen LogP contribution in [-0.2, 0) is 11.8 Å². The summed E-state index contributed by atoms with van der Waals surface area (Å²) in [6.45, 7) is 10.1. The Labute approximate surface area is 148 Å². The first-order valence-electron chi connectivity index (χ1n) is 8.70. The zero-order valence-corrected chi connectivity index (χ0v) is 15.7. The Morgan fingerprint density at radius 1 is 1.04 bits per heavy atom. The molecule has 0 N–H and O–H groups in total. The zero-order chi connectivity index (χ0) is 18.4. The molecule has 3 rings (SSSR count). The van der Waals surface area contributed by atoms with Crippen molar-refractivity contribution in [2.24, 2.45) is 12.5 Å². The van der Waals surface area contributed by atoms with E-state index in [1.165, 1.54) is 0 Å². The molecule has 1 fully saturated rings. The van der Waals surface area contributed by atoms with E-state index in [1.54, 1.807) is 0 Å². The highest BCUT2D eigenvalue weighted by Crippen LogP contribution is 2.21. The van der Waals surface area contributed by atoms with Crippen LogP contribution in [0.3, 0.4) is 0 Å². The van der Waals surface area contributed by atoms with Gasteiger partial charge in [-0.05, 0) is 25.1 Å². The van der Waals surface area contributed by atoms with Crippen LogP contribution in [0.4, 0.5) is 0 Å². The van der Waals surface area contributed by atoms with E-state index in [2.05, 4.69) is 4.98 Å². The molecule has 0 aliphatic carbocycles. The number of carbonyl (C=O) groups excluding carboxylic acids is 2. The highest BCUT2D eigenvalue weighted by Gasteiger charge is 2.31. The van der Waals surface area contributed by atoms with Gasteiger partial charge >= 0.3 is 0 Å². The van der Waals surface area contributed by atoms with Gasteiger partial charge in [0.15, 0.2) is 0 Å². The third-order valence-corrected chi connectivity index (χ3v) is 4.85. The maximum atomic E-state index is 12.8. The normalized spacial score (nSPS) is 15.7. The van der Waals surface area contributed by atoms with E-state index in [0.29, 0.717) is 31.7 Å². The topological polar surface area (TPSA) is 58.4 Å². The van der Waals surface area contributed by atoms with E-state index in [9.17, 15) is 9.59 Å². The van der Waals surface area contributed by atoms with Gasteiger partial charge in [0.05, 0.1) is 11.0 Å². The van der Waals surface area contributed by atoms with Crippen molar-refractivity contribution in [2.75, 3.05) is 26.2 Å². The van der Waals surface area contributed by atoms with Gasteiger partial charge in [0.25, 0.3) is 5.91 Å². The van der Waals surface area contributed by atoms with Gasteiger partial charge in [0.2, 0.25) is 5.91 Å². The quantitative estimate of drug-likeness (QED) is 0.798. The lowest BCUT2D eigenvalue weighted by Crippen LogP contribution is -2.53. The predicted octanol–water partition coefficient (Wildman–Crippen LogP) is 2.21. The van der Waals surface area contributed by atoms with Crippen molar-refractivity contribution in [3.05, 3.63) is 29.6 Å². The number of fused-ring (bicyclic) bond motifs is 1. The Morgan fingerprint density at radius 3 is 2.24 bits per heavy atom. The summed E-state index contributed by atoms with van der Waals surface area (Å²) >= 11 is 0. The summed E-state index contributed by atoms with van der Waals surface area (Å²) in [5.74, 6) is 1.08. The molecular weight excluding hydrogens is 316 g/mol. The molecule has 0 atom stereocenters. The molecule has 1 saturated heterocycles. The molecule has 134 valence electrons. The minimum absolute atomic E-state index is 0.00747. The SMILES string of the molecule is Cc1nc2cc(C(=O)N3CCN(C(=O)C(C)(C)C)CC3)ccc2n1C. The molecule has 25 heavy (non-hydrogen) atoms. The summed E-state index contributed by atoms with van der Waals surface area (Å²) in [6, 6.07) is 5.66. The molecule has 2 heterocycles. The largest absolute Gasteiger partial charge is 0.339 e. The Kier molecular flexibility index (Phi) is 4.31. The predicted molar refractivity (Wildman–Crippen MR) is 97.4 cm³/mol. The molecule has 0 unspecified atom stereocenters. The number of aromatic nitrogens is 2. The van der Waals surface area contributed by atoms with E-state index in [0.717, 1.165) is 16.9 Å². The molecule has 2 amide bonds. The van der Waals surface area contributed by atoms with E-state index < -0.39 is 0 Å². The highest BCUT2D eigenvalue weighted by molar-refractivity contribution is 5.97. The van der Waals surface area contributed by atoms with E-state index in [4.69, 9.17) is 0 Å². The van der Waals surface area contributed by atoms with E-state index >= 15 is 0 Å². The first-order valence-corrected chi connectivity index (χ1v) is 8.70. The molecule has 2 aromatic rings. The first-order chi connectivity index (χ1) is 11.7. The van der Waals surface area contributed by atoms with Crippen LogP contribution >= 0.6 is 0 Å². The highest BCUT2D eigenvalue weighted by atomic mass is 16.2. The summed E-state index contributed by atoms with van der Waals surface area (Å²) in [6.07, 6.45) is 0. The fraction of sp³-hybridized carbons (Fsp3) is 0.526. The summed E-state index contributed by atoms with van der Waals surface area (Å²) in [4.78, 5) is 33.3. The van der Waals surface area contributed by atoms with E-state index in [1.807, 2.05) is 67.3 Å². The summed E-state index contributed by atoms with van der Waals surface area (Å²) in [5.41, 5.74) is 2.14. The monoisotopic (exact) mass is 342 g/mol. The number of amides is 2. The van der Waals surface area contributed by atoms with Gasteiger partial charge in [-0.1, -0.05) is 20.8 Å². The molecule has 1 aromatic carbocycles. The molecule has 0 bridgehead atoms. The Morgan fingerprint density at radius 2 is 1.64 bits per heavy atom. The van der Waals surface area contributed by atoms with Crippen LogP contribution in [0.2, 0.25) is 0 Å². The Bertz CT molecular complexity index is 824. The van der Waals surface area contributed by atoms with Crippen LogP contribution in [0.25, 0.3) is 11.0 Å². The van der Waals surface area contributed by atoms with Gasteiger partial charge in [-0.3, -0.25) is 9.59 Å². The number of carbonyl (C=O) groups is 2. The second-order valence-electron chi connectivity index (χ2n) is 7.76. The third-order valence-electron chi connectivity index (χ3n) is 4.85. The average molecular weight is 342 g/mol. The van der Waals surface area contributed by atoms with Crippen molar-refractivity contribution < 1.29 is 9.59 Å².